The van der Waals surface area contributed by atoms with Crippen LogP contribution in [0.1, 0.15) is 19.3 Å². The number of carbonyl (C=O) groups is 1. The molecule has 0 spiro atoms. The summed E-state index contributed by atoms with van der Waals surface area (Å²) in [6.45, 7) is 3.12. The van der Waals surface area contributed by atoms with Crippen molar-refractivity contribution in [3.63, 3.8) is 0 Å². The van der Waals surface area contributed by atoms with Gasteiger partial charge in [-0.05, 0) is 25.3 Å². The molecular formula is C16H25N5O2. The third-order valence-corrected chi connectivity index (χ3v) is 4.89. The molecule has 2 saturated heterocycles. The summed E-state index contributed by atoms with van der Waals surface area (Å²) in [6, 6.07) is 1.89. The van der Waals surface area contributed by atoms with Gasteiger partial charge < -0.3 is 19.9 Å². The van der Waals surface area contributed by atoms with Crippen LogP contribution in [0, 0.1) is 5.41 Å². The highest BCUT2D eigenvalue weighted by Crippen LogP contribution is 2.43. The van der Waals surface area contributed by atoms with Crippen molar-refractivity contribution in [1.29, 1.82) is 0 Å². The summed E-state index contributed by atoms with van der Waals surface area (Å²) in [5.41, 5.74) is 0.0473. The fourth-order valence-electron chi connectivity index (χ4n) is 3.67. The first-order valence-corrected chi connectivity index (χ1v) is 8.19. The number of nitrogens with zero attached hydrogens (tertiary/aromatic N) is 4. The Kier molecular flexibility index (Phi) is 4.66. The van der Waals surface area contributed by atoms with Crippen molar-refractivity contribution in [3.8, 4) is 0 Å². The van der Waals surface area contributed by atoms with E-state index in [4.69, 9.17) is 4.74 Å². The molecular weight excluding hydrogens is 294 g/mol. The summed E-state index contributed by atoms with van der Waals surface area (Å²) in [5.74, 6) is 0.649. The number of anilines is 1. The zero-order valence-corrected chi connectivity index (χ0v) is 13.9. The van der Waals surface area contributed by atoms with Crippen molar-refractivity contribution in [2.75, 3.05) is 45.7 Å². The summed E-state index contributed by atoms with van der Waals surface area (Å²) in [6.07, 6.45) is 6.59. The number of aromatic nitrogens is 2. The largest absolute Gasteiger partial charge is 0.377 e. The summed E-state index contributed by atoms with van der Waals surface area (Å²) >= 11 is 0. The third kappa shape index (κ3) is 3.39. The minimum absolute atomic E-state index is 0.0473. The van der Waals surface area contributed by atoms with Crippen LogP contribution in [0.15, 0.2) is 18.5 Å². The van der Waals surface area contributed by atoms with Crippen LogP contribution in [0.25, 0.3) is 0 Å². The van der Waals surface area contributed by atoms with E-state index in [1.165, 1.54) is 0 Å². The average Bonchev–Trinajstić information content (AvgIpc) is 2.98. The predicted molar refractivity (Wildman–Crippen MR) is 87.2 cm³/mol. The van der Waals surface area contributed by atoms with Gasteiger partial charge >= 0.3 is 6.03 Å². The fourth-order valence-corrected chi connectivity index (χ4v) is 3.67. The molecule has 0 saturated carbocycles. The minimum Gasteiger partial charge on any atom is -0.377 e. The second-order valence-electron chi connectivity index (χ2n) is 6.61. The lowest BCUT2D eigenvalue weighted by Crippen LogP contribution is -2.54. The molecule has 2 amide bonds. The number of ether oxygens (including phenoxy) is 1. The van der Waals surface area contributed by atoms with Crippen LogP contribution in [-0.4, -0.2) is 72.2 Å². The van der Waals surface area contributed by atoms with E-state index < -0.39 is 0 Å². The number of carbonyl (C=O) groups excluding carboxylic acids is 1. The van der Waals surface area contributed by atoms with E-state index in [0.717, 1.165) is 45.5 Å². The Morgan fingerprint density at radius 3 is 3.00 bits per heavy atom. The maximum atomic E-state index is 12.3. The molecule has 2 aliphatic rings. The molecule has 0 aliphatic carbocycles. The second kappa shape index (κ2) is 6.70. The second-order valence-corrected chi connectivity index (χ2v) is 6.61. The number of rotatable bonds is 4. The number of piperidine rings is 1. The first-order valence-electron chi connectivity index (χ1n) is 8.19. The van der Waals surface area contributed by atoms with E-state index in [1.807, 2.05) is 4.90 Å². The molecule has 0 aromatic carbocycles. The lowest BCUT2D eigenvalue weighted by molar-refractivity contribution is -0.0113. The maximum absolute atomic E-state index is 12.3. The zero-order chi connectivity index (χ0) is 16.3. The lowest BCUT2D eigenvalue weighted by atomic mass is 9.74. The quantitative estimate of drug-likeness (QED) is 0.909. The van der Waals surface area contributed by atoms with Crippen molar-refractivity contribution >= 4 is 12.0 Å². The molecule has 3 rings (SSSR count). The van der Waals surface area contributed by atoms with E-state index in [-0.39, 0.29) is 17.6 Å². The van der Waals surface area contributed by atoms with Gasteiger partial charge in [0.2, 0.25) is 5.95 Å². The summed E-state index contributed by atoms with van der Waals surface area (Å²) in [7, 11) is 3.61. The van der Waals surface area contributed by atoms with Gasteiger partial charge in [0.1, 0.15) is 0 Å². The van der Waals surface area contributed by atoms with Crippen molar-refractivity contribution in [2.24, 2.45) is 5.41 Å². The van der Waals surface area contributed by atoms with Crippen LogP contribution >= 0.6 is 0 Å². The highest BCUT2D eigenvalue weighted by molar-refractivity contribution is 5.74. The molecule has 23 heavy (non-hydrogen) atoms. The molecule has 126 valence electrons. The molecule has 1 aromatic rings. The molecule has 0 bridgehead atoms. The van der Waals surface area contributed by atoms with Crippen molar-refractivity contribution in [1.82, 2.24) is 19.8 Å². The normalized spacial score (nSPS) is 26.7. The summed E-state index contributed by atoms with van der Waals surface area (Å²) in [5, 5.41) is 3.27. The third-order valence-electron chi connectivity index (χ3n) is 4.89. The number of amides is 2. The SMILES string of the molecule is CN(C)C(=O)N1CC[C@H]2OCC[C@@]2(CCNc2ncccn2)C1. The van der Waals surface area contributed by atoms with Gasteiger partial charge in [-0.2, -0.15) is 0 Å². The van der Waals surface area contributed by atoms with Gasteiger partial charge in [-0.15, -0.1) is 0 Å². The molecule has 2 aliphatic heterocycles. The van der Waals surface area contributed by atoms with E-state index in [0.29, 0.717) is 5.95 Å². The van der Waals surface area contributed by atoms with E-state index >= 15 is 0 Å². The van der Waals surface area contributed by atoms with Crippen molar-refractivity contribution < 1.29 is 9.53 Å². The molecule has 3 heterocycles. The van der Waals surface area contributed by atoms with Crippen LogP contribution in [-0.2, 0) is 4.74 Å². The maximum Gasteiger partial charge on any atom is 0.319 e. The van der Waals surface area contributed by atoms with Crippen LogP contribution < -0.4 is 5.32 Å². The van der Waals surface area contributed by atoms with Crippen LogP contribution in [0.5, 0.6) is 0 Å². The van der Waals surface area contributed by atoms with Crippen LogP contribution in [0.3, 0.4) is 0 Å². The molecule has 0 unspecified atom stereocenters. The van der Waals surface area contributed by atoms with Crippen LogP contribution in [0.2, 0.25) is 0 Å². The molecule has 2 fully saturated rings. The molecule has 7 nitrogen and oxygen atoms in total. The predicted octanol–water partition coefficient (Wildman–Crippen LogP) is 1.44. The lowest BCUT2D eigenvalue weighted by Gasteiger charge is -2.44. The number of urea groups is 1. The molecule has 2 atom stereocenters. The number of hydrogen-bond acceptors (Lipinski definition) is 5. The van der Waals surface area contributed by atoms with Gasteiger partial charge in [-0.25, -0.2) is 14.8 Å². The molecule has 1 aromatic heterocycles. The highest BCUT2D eigenvalue weighted by Gasteiger charge is 2.48. The first kappa shape index (κ1) is 16.0. The Morgan fingerprint density at radius 1 is 1.48 bits per heavy atom. The first-order chi connectivity index (χ1) is 11.1. The number of hydrogen-bond donors (Lipinski definition) is 1. The van der Waals surface area contributed by atoms with E-state index in [2.05, 4.69) is 15.3 Å². The van der Waals surface area contributed by atoms with Gasteiger partial charge in [0.15, 0.2) is 0 Å². The topological polar surface area (TPSA) is 70.6 Å². The number of fused-ring (bicyclic) bond motifs is 1. The molecule has 0 radical (unpaired) electrons. The Labute approximate surface area is 137 Å². The average molecular weight is 319 g/mol. The van der Waals surface area contributed by atoms with E-state index in [9.17, 15) is 4.79 Å². The van der Waals surface area contributed by atoms with Crippen molar-refractivity contribution in [3.05, 3.63) is 18.5 Å². The monoisotopic (exact) mass is 319 g/mol. The Hall–Kier alpha value is -1.89. The Balaban J connectivity index is 1.63. The van der Waals surface area contributed by atoms with Gasteiger partial charge in [-0.3, -0.25) is 0 Å². The van der Waals surface area contributed by atoms with Crippen LogP contribution in [0.4, 0.5) is 10.7 Å². The van der Waals surface area contributed by atoms with Gasteiger partial charge in [0.05, 0.1) is 6.10 Å². The standard InChI is InChI=1S/C16H25N5O2/c1-20(2)15(22)21-10-4-13-16(12-21,6-11-23-13)5-9-19-14-17-7-3-8-18-14/h3,7-8,13H,4-6,9-12H2,1-2H3,(H,17,18,19)/t13-,16+/m1/s1. The zero-order valence-electron chi connectivity index (χ0n) is 13.9. The minimum atomic E-state index is 0.0473. The van der Waals surface area contributed by atoms with Crippen molar-refractivity contribution in [2.45, 2.75) is 25.4 Å². The number of nitrogens with one attached hydrogen (secondary N) is 1. The molecule has 1 N–H and O–H groups in total. The van der Waals surface area contributed by atoms with Gasteiger partial charge in [-0.1, -0.05) is 0 Å². The smallest absolute Gasteiger partial charge is 0.319 e. The Morgan fingerprint density at radius 2 is 2.26 bits per heavy atom. The van der Waals surface area contributed by atoms with Gasteiger partial charge in [0.25, 0.3) is 0 Å². The van der Waals surface area contributed by atoms with E-state index in [1.54, 1.807) is 37.5 Å². The number of likely N-dealkylation sites (tertiary alicyclic amines) is 1. The van der Waals surface area contributed by atoms with Gasteiger partial charge in [0, 0.05) is 58.1 Å². The molecule has 7 heteroatoms. The highest BCUT2D eigenvalue weighted by atomic mass is 16.5. The summed E-state index contributed by atoms with van der Waals surface area (Å²) < 4.78 is 5.94. The fraction of sp³-hybridized carbons (Fsp3) is 0.688. The summed E-state index contributed by atoms with van der Waals surface area (Å²) in [4.78, 5) is 24.3. The Bertz CT molecular complexity index is 539.